The van der Waals surface area contributed by atoms with Crippen molar-refractivity contribution in [2.45, 2.75) is 18.2 Å². The molecule has 0 saturated heterocycles. The van der Waals surface area contributed by atoms with Crippen molar-refractivity contribution < 1.29 is 8.42 Å². The Morgan fingerprint density at radius 3 is 2.65 bits per heavy atom. The van der Waals surface area contributed by atoms with Crippen molar-refractivity contribution in [3.63, 3.8) is 0 Å². The first-order chi connectivity index (χ1) is 9.50. The molecular weight excluding hydrogens is 338 g/mol. The summed E-state index contributed by atoms with van der Waals surface area (Å²) >= 11 is 3.40. The minimum atomic E-state index is -3.48. The Balaban J connectivity index is 2.07. The summed E-state index contributed by atoms with van der Waals surface area (Å²) in [4.78, 5) is 0.343. The summed E-state index contributed by atoms with van der Waals surface area (Å²) in [6.07, 6.45) is 0.769. The highest BCUT2D eigenvalue weighted by molar-refractivity contribution is 9.10. The SMILES string of the molecule is Cc1cc(S(=O)(=O)N2CCc3ccccc32)ccc1Br. The Morgan fingerprint density at radius 2 is 1.90 bits per heavy atom. The number of fused-ring (bicyclic) bond motifs is 1. The zero-order valence-corrected chi connectivity index (χ0v) is 13.4. The number of nitrogens with zero attached hydrogens (tertiary/aromatic N) is 1. The number of aryl methyl sites for hydroxylation is 1. The van der Waals surface area contributed by atoms with Gasteiger partial charge in [0, 0.05) is 11.0 Å². The van der Waals surface area contributed by atoms with Crippen LogP contribution in [0.1, 0.15) is 11.1 Å². The third-order valence-corrected chi connectivity index (χ3v) is 6.26. The molecule has 0 aliphatic carbocycles. The van der Waals surface area contributed by atoms with Gasteiger partial charge in [-0.2, -0.15) is 0 Å². The second kappa shape index (κ2) is 4.90. The molecule has 0 N–H and O–H groups in total. The number of rotatable bonds is 2. The zero-order chi connectivity index (χ0) is 14.3. The topological polar surface area (TPSA) is 37.4 Å². The van der Waals surface area contributed by atoms with Crippen LogP contribution in [-0.4, -0.2) is 15.0 Å². The van der Waals surface area contributed by atoms with E-state index in [-0.39, 0.29) is 0 Å². The van der Waals surface area contributed by atoms with Crippen LogP contribution < -0.4 is 4.31 Å². The minimum absolute atomic E-state index is 0.343. The number of sulfonamides is 1. The molecular formula is C15H14BrNO2S. The van der Waals surface area contributed by atoms with Gasteiger partial charge in [0.15, 0.2) is 0 Å². The third-order valence-electron chi connectivity index (χ3n) is 3.56. The molecule has 0 unspecified atom stereocenters. The lowest BCUT2D eigenvalue weighted by Gasteiger charge is -2.20. The molecule has 1 aliphatic heterocycles. The summed E-state index contributed by atoms with van der Waals surface area (Å²) in [5.74, 6) is 0. The van der Waals surface area contributed by atoms with Gasteiger partial charge in [-0.25, -0.2) is 8.42 Å². The van der Waals surface area contributed by atoms with E-state index in [2.05, 4.69) is 15.9 Å². The van der Waals surface area contributed by atoms with Crippen molar-refractivity contribution in [1.82, 2.24) is 0 Å². The van der Waals surface area contributed by atoms with Gasteiger partial charge in [0.2, 0.25) is 0 Å². The summed E-state index contributed by atoms with van der Waals surface area (Å²) < 4.78 is 28.0. The summed E-state index contributed by atoms with van der Waals surface area (Å²) in [5, 5.41) is 0. The first-order valence-electron chi connectivity index (χ1n) is 6.37. The van der Waals surface area contributed by atoms with Crippen LogP contribution in [0.4, 0.5) is 5.69 Å². The van der Waals surface area contributed by atoms with Crippen molar-refractivity contribution in [3.05, 3.63) is 58.1 Å². The fourth-order valence-corrected chi connectivity index (χ4v) is 4.30. The van der Waals surface area contributed by atoms with Crippen LogP contribution in [0.15, 0.2) is 51.8 Å². The van der Waals surface area contributed by atoms with E-state index in [1.807, 2.05) is 31.2 Å². The van der Waals surface area contributed by atoms with Gasteiger partial charge in [-0.3, -0.25) is 4.31 Å². The van der Waals surface area contributed by atoms with Gasteiger partial charge in [0.1, 0.15) is 0 Å². The van der Waals surface area contributed by atoms with E-state index in [0.29, 0.717) is 11.4 Å². The maximum Gasteiger partial charge on any atom is 0.264 e. The van der Waals surface area contributed by atoms with Crippen molar-refractivity contribution in [1.29, 1.82) is 0 Å². The number of hydrogen-bond acceptors (Lipinski definition) is 2. The number of halogens is 1. The number of hydrogen-bond donors (Lipinski definition) is 0. The van der Waals surface area contributed by atoms with Crippen LogP contribution in [0.2, 0.25) is 0 Å². The number of para-hydroxylation sites is 1. The maximum absolute atomic E-state index is 12.8. The lowest BCUT2D eigenvalue weighted by Crippen LogP contribution is -2.29. The van der Waals surface area contributed by atoms with Crippen molar-refractivity contribution in [2.75, 3.05) is 10.8 Å². The molecule has 1 aliphatic rings. The molecule has 2 aromatic rings. The molecule has 20 heavy (non-hydrogen) atoms. The lowest BCUT2D eigenvalue weighted by molar-refractivity contribution is 0.592. The van der Waals surface area contributed by atoms with E-state index < -0.39 is 10.0 Å². The molecule has 0 fully saturated rings. The van der Waals surface area contributed by atoms with Crippen LogP contribution in [-0.2, 0) is 16.4 Å². The summed E-state index contributed by atoms with van der Waals surface area (Å²) in [7, 11) is -3.48. The average Bonchev–Trinajstić information content (AvgIpc) is 2.86. The highest BCUT2D eigenvalue weighted by atomic mass is 79.9. The molecule has 0 amide bonds. The van der Waals surface area contributed by atoms with Crippen molar-refractivity contribution in [3.8, 4) is 0 Å². The summed E-state index contributed by atoms with van der Waals surface area (Å²) in [5.41, 5.74) is 2.80. The molecule has 0 bridgehead atoms. The predicted octanol–water partition coefficient (Wildman–Crippen LogP) is 3.51. The molecule has 0 aromatic heterocycles. The molecule has 5 heteroatoms. The molecule has 3 rings (SSSR count). The molecule has 0 radical (unpaired) electrons. The highest BCUT2D eigenvalue weighted by Gasteiger charge is 2.30. The molecule has 3 nitrogen and oxygen atoms in total. The van der Waals surface area contributed by atoms with Crippen LogP contribution in [0, 0.1) is 6.92 Å². The van der Waals surface area contributed by atoms with Crippen LogP contribution >= 0.6 is 15.9 Å². The van der Waals surface area contributed by atoms with Crippen molar-refractivity contribution in [2.24, 2.45) is 0 Å². The summed E-state index contributed by atoms with van der Waals surface area (Å²) in [6.45, 7) is 2.40. The molecule has 104 valence electrons. The van der Waals surface area contributed by atoms with Crippen LogP contribution in [0.25, 0.3) is 0 Å². The van der Waals surface area contributed by atoms with E-state index in [1.54, 1.807) is 18.2 Å². The number of benzene rings is 2. The fraction of sp³-hybridized carbons (Fsp3) is 0.200. The smallest absolute Gasteiger partial charge is 0.264 e. The standard InChI is InChI=1S/C15H14BrNO2S/c1-11-10-13(6-7-14(11)16)20(18,19)17-9-8-12-4-2-3-5-15(12)17/h2-7,10H,8-9H2,1H3. The Morgan fingerprint density at radius 1 is 1.15 bits per heavy atom. The van der Waals surface area contributed by atoms with E-state index in [4.69, 9.17) is 0 Å². The first kappa shape index (κ1) is 13.6. The molecule has 0 saturated carbocycles. The Hall–Kier alpha value is -1.33. The highest BCUT2D eigenvalue weighted by Crippen LogP contribution is 2.33. The fourth-order valence-electron chi connectivity index (χ4n) is 2.46. The van der Waals surface area contributed by atoms with E-state index in [9.17, 15) is 8.42 Å². The zero-order valence-electron chi connectivity index (χ0n) is 11.0. The molecule has 1 heterocycles. The monoisotopic (exact) mass is 351 g/mol. The van der Waals surface area contributed by atoms with Gasteiger partial charge in [0.05, 0.1) is 10.6 Å². The third kappa shape index (κ3) is 2.15. The lowest BCUT2D eigenvalue weighted by atomic mass is 10.2. The van der Waals surface area contributed by atoms with Crippen LogP contribution in [0.3, 0.4) is 0 Å². The van der Waals surface area contributed by atoms with Gasteiger partial charge >= 0.3 is 0 Å². The quantitative estimate of drug-likeness (QED) is 0.830. The second-order valence-electron chi connectivity index (χ2n) is 4.87. The van der Waals surface area contributed by atoms with E-state index >= 15 is 0 Å². The van der Waals surface area contributed by atoms with Crippen LogP contribution in [0.5, 0.6) is 0 Å². The molecule has 0 spiro atoms. The molecule has 0 atom stereocenters. The van der Waals surface area contributed by atoms with Gasteiger partial charge in [-0.15, -0.1) is 0 Å². The number of anilines is 1. The minimum Gasteiger partial charge on any atom is -0.266 e. The summed E-state index contributed by atoms with van der Waals surface area (Å²) in [6, 6.07) is 12.8. The average molecular weight is 352 g/mol. The van der Waals surface area contributed by atoms with Gasteiger partial charge in [-0.05, 0) is 48.7 Å². The first-order valence-corrected chi connectivity index (χ1v) is 8.60. The van der Waals surface area contributed by atoms with Gasteiger partial charge in [0.25, 0.3) is 10.0 Å². The normalized spacial score (nSPS) is 14.4. The predicted molar refractivity (Wildman–Crippen MR) is 83.6 cm³/mol. The van der Waals surface area contributed by atoms with Gasteiger partial charge < -0.3 is 0 Å². The Labute approximate surface area is 127 Å². The largest absolute Gasteiger partial charge is 0.266 e. The van der Waals surface area contributed by atoms with Gasteiger partial charge in [-0.1, -0.05) is 34.1 Å². The molecule has 2 aromatic carbocycles. The second-order valence-corrected chi connectivity index (χ2v) is 7.58. The Kier molecular flexibility index (Phi) is 3.34. The maximum atomic E-state index is 12.8. The van der Waals surface area contributed by atoms with E-state index in [0.717, 1.165) is 27.7 Å². The van der Waals surface area contributed by atoms with Crippen molar-refractivity contribution >= 4 is 31.6 Å². The van der Waals surface area contributed by atoms with E-state index in [1.165, 1.54) is 4.31 Å². The Bertz CT molecular complexity index is 771.